The van der Waals surface area contributed by atoms with E-state index in [0.29, 0.717) is 16.8 Å². The molecule has 0 atom stereocenters. The highest BCUT2D eigenvalue weighted by Gasteiger charge is 2.17. The molecule has 0 bridgehead atoms. The summed E-state index contributed by atoms with van der Waals surface area (Å²) < 4.78 is 7.43. The molecule has 0 radical (unpaired) electrons. The van der Waals surface area contributed by atoms with Gasteiger partial charge in [0, 0.05) is 36.1 Å². The van der Waals surface area contributed by atoms with Gasteiger partial charge < -0.3 is 9.09 Å². The molecule has 3 heterocycles. The Morgan fingerprint density at radius 3 is 2.72 bits per heavy atom. The molecule has 0 aliphatic heterocycles. The lowest BCUT2D eigenvalue weighted by molar-refractivity contribution is 0.431. The maximum absolute atomic E-state index is 12.9. The van der Waals surface area contributed by atoms with E-state index < -0.39 is 0 Å². The Labute approximate surface area is 143 Å². The zero-order valence-corrected chi connectivity index (χ0v) is 13.7. The van der Waals surface area contributed by atoms with Crippen LogP contribution >= 0.6 is 0 Å². The fourth-order valence-electron chi connectivity index (χ4n) is 2.87. The summed E-state index contributed by atoms with van der Waals surface area (Å²) in [7, 11) is 0. The topological polar surface area (TPSA) is 73.8 Å². The lowest BCUT2D eigenvalue weighted by Gasteiger charge is -2.10. The van der Waals surface area contributed by atoms with Crippen molar-refractivity contribution in [2.45, 2.75) is 19.9 Å². The van der Waals surface area contributed by atoms with Crippen molar-refractivity contribution in [3.63, 3.8) is 0 Å². The molecule has 0 fully saturated rings. The van der Waals surface area contributed by atoms with Gasteiger partial charge in [-0.3, -0.25) is 9.78 Å². The van der Waals surface area contributed by atoms with E-state index >= 15 is 0 Å². The molecule has 25 heavy (non-hydrogen) atoms. The lowest BCUT2D eigenvalue weighted by Crippen LogP contribution is -2.12. The minimum Gasteiger partial charge on any atom is -0.346 e. The van der Waals surface area contributed by atoms with Crippen molar-refractivity contribution in [2.24, 2.45) is 0 Å². The van der Waals surface area contributed by atoms with Crippen LogP contribution in [0.15, 0.2) is 64.3 Å². The predicted molar refractivity (Wildman–Crippen MR) is 95.0 cm³/mol. The Morgan fingerprint density at radius 1 is 1.12 bits per heavy atom. The van der Waals surface area contributed by atoms with Crippen LogP contribution in [0.2, 0.25) is 0 Å². The van der Waals surface area contributed by atoms with Gasteiger partial charge in [-0.05, 0) is 30.7 Å². The summed E-state index contributed by atoms with van der Waals surface area (Å²) in [5, 5.41) is 4.65. The van der Waals surface area contributed by atoms with E-state index in [-0.39, 0.29) is 11.3 Å². The van der Waals surface area contributed by atoms with Gasteiger partial charge in [-0.2, -0.15) is 4.98 Å². The minimum absolute atomic E-state index is 0.104. The van der Waals surface area contributed by atoms with Gasteiger partial charge in [0.15, 0.2) is 0 Å². The third-order valence-corrected chi connectivity index (χ3v) is 4.05. The van der Waals surface area contributed by atoms with E-state index in [9.17, 15) is 4.79 Å². The van der Waals surface area contributed by atoms with Crippen LogP contribution in [0.4, 0.5) is 0 Å². The minimum atomic E-state index is -0.104. The summed E-state index contributed by atoms with van der Waals surface area (Å²) in [5.41, 5.74) is 2.01. The monoisotopic (exact) mass is 332 g/mol. The normalized spacial score (nSPS) is 11.1. The first-order valence-electron chi connectivity index (χ1n) is 8.14. The van der Waals surface area contributed by atoms with Crippen molar-refractivity contribution < 1.29 is 4.52 Å². The van der Waals surface area contributed by atoms with Crippen LogP contribution in [0.1, 0.15) is 13.3 Å². The molecule has 0 saturated heterocycles. The number of benzene rings is 1. The summed E-state index contributed by atoms with van der Waals surface area (Å²) in [4.78, 5) is 21.3. The fraction of sp³-hybridized carbons (Fsp3) is 0.158. The molecular weight excluding hydrogens is 316 g/mol. The molecule has 3 aromatic heterocycles. The first kappa shape index (κ1) is 15.3. The maximum atomic E-state index is 12.9. The lowest BCUT2D eigenvalue weighted by atomic mass is 10.1. The highest BCUT2D eigenvalue weighted by molar-refractivity contribution is 5.82. The smallest absolute Gasteiger partial charge is 0.263 e. The van der Waals surface area contributed by atoms with E-state index in [4.69, 9.17) is 4.52 Å². The summed E-state index contributed by atoms with van der Waals surface area (Å²) in [6.45, 7) is 2.90. The first-order chi connectivity index (χ1) is 12.3. The number of pyridine rings is 2. The Kier molecular flexibility index (Phi) is 3.85. The Hall–Kier alpha value is -3.28. The van der Waals surface area contributed by atoms with Crippen molar-refractivity contribution in [1.29, 1.82) is 0 Å². The molecule has 0 saturated carbocycles. The van der Waals surface area contributed by atoms with Gasteiger partial charge in [0.25, 0.3) is 5.89 Å². The molecule has 0 unspecified atom stereocenters. The average molecular weight is 332 g/mol. The molecular formula is C19H16N4O2. The van der Waals surface area contributed by atoms with Crippen molar-refractivity contribution in [2.75, 3.05) is 0 Å². The van der Waals surface area contributed by atoms with Gasteiger partial charge in [-0.25, -0.2) is 0 Å². The van der Waals surface area contributed by atoms with E-state index in [1.807, 2.05) is 24.3 Å². The number of fused-ring (bicyclic) bond motifs is 1. The van der Waals surface area contributed by atoms with E-state index in [0.717, 1.165) is 24.0 Å². The van der Waals surface area contributed by atoms with Crippen LogP contribution in [-0.2, 0) is 6.54 Å². The molecule has 124 valence electrons. The molecule has 6 nitrogen and oxygen atoms in total. The van der Waals surface area contributed by atoms with Crippen LogP contribution < -0.4 is 5.43 Å². The van der Waals surface area contributed by atoms with E-state index in [1.165, 1.54) is 0 Å². The second-order valence-electron chi connectivity index (χ2n) is 5.74. The van der Waals surface area contributed by atoms with Crippen molar-refractivity contribution in [1.82, 2.24) is 19.7 Å². The summed E-state index contributed by atoms with van der Waals surface area (Å²) in [5.74, 6) is 0.666. The second-order valence-corrected chi connectivity index (χ2v) is 5.74. The Morgan fingerprint density at radius 2 is 1.92 bits per heavy atom. The van der Waals surface area contributed by atoms with Crippen molar-refractivity contribution in [3.8, 4) is 22.8 Å². The number of nitrogens with zero attached hydrogens (tertiary/aromatic N) is 4. The van der Waals surface area contributed by atoms with Gasteiger partial charge in [0.2, 0.25) is 11.3 Å². The first-order valence-corrected chi connectivity index (χ1v) is 8.14. The molecule has 0 aliphatic carbocycles. The molecule has 0 spiro atoms. The maximum Gasteiger partial charge on any atom is 0.263 e. The SMILES string of the molecule is CCCn1cc(-c2nc(-c3ccncc3)no2)c(=O)c2ccccc21. The molecule has 0 N–H and O–H groups in total. The third-order valence-electron chi connectivity index (χ3n) is 4.05. The number of rotatable bonds is 4. The summed E-state index contributed by atoms with van der Waals surface area (Å²) >= 11 is 0. The van der Waals surface area contributed by atoms with Crippen LogP contribution in [0.3, 0.4) is 0 Å². The second kappa shape index (κ2) is 6.32. The molecule has 6 heteroatoms. The summed E-state index contributed by atoms with van der Waals surface area (Å²) in [6.07, 6.45) is 6.08. The van der Waals surface area contributed by atoms with Crippen molar-refractivity contribution >= 4 is 10.9 Å². The molecule has 4 rings (SSSR count). The number of aromatic nitrogens is 4. The van der Waals surface area contributed by atoms with Crippen LogP contribution in [-0.4, -0.2) is 19.7 Å². The van der Waals surface area contributed by atoms with Crippen LogP contribution in [0.25, 0.3) is 33.7 Å². The third kappa shape index (κ3) is 2.71. The number of hydrogen-bond acceptors (Lipinski definition) is 5. The number of hydrogen-bond donors (Lipinski definition) is 0. The quantitative estimate of drug-likeness (QED) is 0.571. The zero-order chi connectivity index (χ0) is 17.2. The largest absolute Gasteiger partial charge is 0.346 e. The van der Waals surface area contributed by atoms with Crippen LogP contribution in [0, 0.1) is 0 Å². The average Bonchev–Trinajstić information content (AvgIpc) is 3.15. The number of aryl methyl sites for hydroxylation is 1. The molecule has 0 aliphatic rings. The van der Waals surface area contributed by atoms with E-state index in [2.05, 4.69) is 26.6 Å². The Bertz CT molecular complexity index is 1080. The highest BCUT2D eigenvalue weighted by Crippen LogP contribution is 2.22. The number of para-hydroxylation sites is 1. The van der Waals surface area contributed by atoms with Gasteiger partial charge in [-0.1, -0.05) is 24.2 Å². The van der Waals surface area contributed by atoms with Gasteiger partial charge in [-0.15, -0.1) is 0 Å². The standard InChI is InChI=1S/C19H16N4O2/c1-2-11-23-12-15(17(24)14-5-3-4-6-16(14)23)19-21-18(22-25-19)13-7-9-20-10-8-13/h3-10,12H,2,11H2,1H3. The summed E-state index contributed by atoms with van der Waals surface area (Å²) in [6, 6.07) is 11.2. The Balaban J connectivity index is 1.89. The molecule has 4 aromatic rings. The van der Waals surface area contributed by atoms with Gasteiger partial charge >= 0.3 is 0 Å². The predicted octanol–water partition coefficient (Wildman–Crippen LogP) is 3.52. The molecule has 1 aromatic carbocycles. The van der Waals surface area contributed by atoms with Gasteiger partial charge in [0.1, 0.15) is 5.56 Å². The zero-order valence-electron chi connectivity index (χ0n) is 13.7. The van der Waals surface area contributed by atoms with E-state index in [1.54, 1.807) is 30.7 Å². The molecule has 0 amide bonds. The fourth-order valence-corrected chi connectivity index (χ4v) is 2.87. The van der Waals surface area contributed by atoms with Gasteiger partial charge in [0.05, 0.1) is 5.52 Å². The highest BCUT2D eigenvalue weighted by atomic mass is 16.5. The van der Waals surface area contributed by atoms with Crippen LogP contribution in [0.5, 0.6) is 0 Å². The van der Waals surface area contributed by atoms with Crippen molar-refractivity contribution in [3.05, 3.63) is 65.2 Å².